The molecule has 0 fully saturated rings. The van der Waals surface area contributed by atoms with Crippen LogP contribution in [0.2, 0.25) is 0 Å². The lowest BCUT2D eigenvalue weighted by Crippen LogP contribution is -2.39. The Morgan fingerprint density at radius 2 is 2.00 bits per heavy atom. The number of ether oxygens (including phenoxy) is 2. The minimum absolute atomic E-state index is 0.125. The number of hydrogen-bond acceptors (Lipinski definition) is 4. The zero-order chi connectivity index (χ0) is 15.0. The van der Waals surface area contributed by atoms with Crippen LogP contribution in [0.3, 0.4) is 0 Å². The Kier molecular flexibility index (Phi) is 6.01. The SMILES string of the molecule is CC(C)(C)OC[C@@H](C#N)NC(=O)OCc1ccccc1. The van der Waals surface area contributed by atoms with Crippen LogP contribution in [0.4, 0.5) is 4.79 Å². The van der Waals surface area contributed by atoms with Crippen LogP contribution in [0, 0.1) is 11.3 Å². The highest BCUT2D eigenvalue weighted by atomic mass is 16.5. The molecule has 0 aromatic heterocycles. The number of nitriles is 1. The van der Waals surface area contributed by atoms with Crippen LogP contribution < -0.4 is 5.32 Å². The van der Waals surface area contributed by atoms with Crippen molar-refractivity contribution in [3.05, 3.63) is 35.9 Å². The van der Waals surface area contributed by atoms with Crippen LogP contribution in [0.1, 0.15) is 26.3 Å². The third kappa shape index (κ3) is 6.76. The molecule has 1 atom stereocenters. The predicted molar refractivity (Wildman–Crippen MR) is 74.9 cm³/mol. The van der Waals surface area contributed by atoms with Crippen molar-refractivity contribution < 1.29 is 14.3 Å². The molecule has 0 saturated carbocycles. The first-order chi connectivity index (χ1) is 9.40. The molecule has 0 saturated heterocycles. The molecule has 0 spiro atoms. The fourth-order valence-electron chi connectivity index (χ4n) is 1.35. The third-order valence-electron chi connectivity index (χ3n) is 2.34. The molecule has 1 amide bonds. The van der Waals surface area contributed by atoms with Gasteiger partial charge in [-0.2, -0.15) is 5.26 Å². The van der Waals surface area contributed by atoms with Gasteiger partial charge in [0.05, 0.1) is 18.3 Å². The second-order valence-corrected chi connectivity index (χ2v) is 5.31. The molecular weight excluding hydrogens is 256 g/mol. The summed E-state index contributed by atoms with van der Waals surface area (Å²) in [6.45, 7) is 5.95. The van der Waals surface area contributed by atoms with Gasteiger partial charge in [-0.25, -0.2) is 4.79 Å². The van der Waals surface area contributed by atoms with Crippen LogP contribution in [0.25, 0.3) is 0 Å². The first kappa shape index (κ1) is 16.0. The molecule has 1 rings (SSSR count). The fraction of sp³-hybridized carbons (Fsp3) is 0.467. The monoisotopic (exact) mass is 276 g/mol. The molecule has 0 bridgehead atoms. The Morgan fingerprint density at radius 1 is 1.35 bits per heavy atom. The molecule has 1 N–H and O–H groups in total. The van der Waals surface area contributed by atoms with Crippen molar-refractivity contribution in [2.75, 3.05) is 6.61 Å². The lowest BCUT2D eigenvalue weighted by atomic mass is 10.2. The molecule has 108 valence electrons. The topological polar surface area (TPSA) is 71.3 Å². The largest absolute Gasteiger partial charge is 0.445 e. The van der Waals surface area contributed by atoms with Crippen LogP contribution >= 0.6 is 0 Å². The molecule has 20 heavy (non-hydrogen) atoms. The molecule has 1 aromatic rings. The van der Waals surface area contributed by atoms with E-state index in [9.17, 15) is 4.79 Å². The minimum atomic E-state index is -0.725. The Morgan fingerprint density at radius 3 is 2.55 bits per heavy atom. The van der Waals surface area contributed by atoms with Gasteiger partial charge in [0.2, 0.25) is 0 Å². The van der Waals surface area contributed by atoms with E-state index < -0.39 is 12.1 Å². The fourth-order valence-corrected chi connectivity index (χ4v) is 1.35. The molecule has 0 heterocycles. The highest BCUT2D eigenvalue weighted by molar-refractivity contribution is 5.68. The molecule has 0 unspecified atom stereocenters. The number of alkyl carbamates (subject to hydrolysis) is 1. The van der Waals surface area contributed by atoms with E-state index in [1.54, 1.807) is 0 Å². The van der Waals surface area contributed by atoms with E-state index in [1.807, 2.05) is 57.2 Å². The van der Waals surface area contributed by atoms with Gasteiger partial charge in [-0.15, -0.1) is 0 Å². The molecule has 5 nitrogen and oxygen atoms in total. The van der Waals surface area contributed by atoms with Gasteiger partial charge in [0, 0.05) is 0 Å². The van der Waals surface area contributed by atoms with Crippen molar-refractivity contribution in [3.8, 4) is 6.07 Å². The Labute approximate surface area is 119 Å². The maximum atomic E-state index is 11.6. The average molecular weight is 276 g/mol. The van der Waals surface area contributed by atoms with Gasteiger partial charge >= 0.3 is 6.09 Å². The van der Waals surface area contributed by atoms with Gasteiger partial charge in [0.25, 0.3) is 0 Å². The van der Waals surface area contributed by atoms with Crippen LogP contribution in [0.15, 0.2) is 30.3 Å². The lowest BCUT2D eigenvalue weighted by Gasteiger charge is -2.21. The summed E-state index contributed by atoms with van der Waals surface area (Å²) < 4.78 is 10.5. The van der Waals surface area contributed by atoms with E-state index in [1.165, 1.54) is 0 Å². The Balaban J connectivity index is 2.35. The van der Waals surface area contributed by atoms with Gasteiger partial charge in [-0.05, 0) is 26.3 Å². The zero-order valence-corrected chi connectivity index (χ0v) is 12.1. The van der Waals surface area contributed by atoms with E-state index in [2.05, 4.69) is 5.32 Å². The van der Waals surface area contributed by atoms with E-state index in [0.717, 1.165) is 5.56 Å². The van der Waals surface area contributed by atoms with E-state index >= 15 is 0 Å². The Bertz CT molecular complexity index is 460. The first-order valence-electron chi connectivity index (χ1n) is 6.41. The summed E-state index contributed by atoms with van der Waals surface area (Å²) in [5, 5.41) is 11.4. The number of benzene rings is 1. The second kappa shape index (κ2) is 7.51. The van der Waals surface area contributed by atoms with Crippen molar-refractivity contribution in [1.29, 1.82) is 5.26 Å². The summed E-state index contributed by atoms with van der Waals surface area (Å²) in [6, 6.07) is 10.6. The molecule has 0 aliphatic heterocycles. The summed E-state index contributed by atoms with van der Waals surface area (Å²) in [4.78, 5) is 11.6. The number of amides is 1. The van der Waals surface area contributed by atoms with Crippen molar-refractivity contribution in [2.45, 2.75) is 39.0 Å². The normalized spacial score (nSPS) is 12.3. The number of nitrogens with one attached hydrogen (secondary N) is 1. The quantitative estimate of drug-likeness (QED) is 0.897. The summed E-state index contributed by atoms with van der Waals surface area (Å²) in [5.41, 5.74) is 0.534. The minimum Gasteiger partial charge on any atom is -0.445 e. The maximum absolute atomic E-state index is 11.6. The van der Waals surface area contributed by atoms with E-state index in [4.69, 9.17) is 14.7 Å². The van der Waals surface area contributed by atoms with E-state index in [-0.39, 0.29) is 18.8 Å². The lowest BCUT2D eigenvalue weighted by molar-refractivity contribution is -0.00837. The number of hydrogen-bond donors (Lipinski definition) is 1. The number of carbonyl (C=O) groups is 1. The number of carbonyl (C=O) groups excluding carboxylic acids is 1. The van der Waals surface area contributed by atoms with Crippen LogP contribution in [-0.2, 0) is 16.1 Å². The van der Waals surface area contributed by atoms with Crippen LogP contribution in [-0.4, -0.2) is 24.3 Å². The maximum Gasteiger partial charge on any atom is 0.408 e. The standard InChI is InChI=1S/C15H20N2O3/c1-15(2,3)20-11-13(9-16)17-14(18)19-10-12-7-5-4-6-8-12/h4-8,13H,10-11H2,1-3H3,(H,17,18)/t13-/m1/s1. The molecule has 1 aromatic carbocycles. The second-order valence-electron chi connectivity index (χ2n) is 5.31. The average Bonchev–Trinajstić information content (AvgIpc) is 2.41. The smallest absolute Gasteiger partial charge is 0.408 e. The first-order valence-corrected chi connectivity index (χ1v) is 6.41. The predicted octanol–water partition coefficient (Wildman–Crippen LogP) is 2.62. The van der Waals surface area contributed by atoms with E-state index in [0.29, 0.717) is 0 Å². The van der Waals surface area contributed by atoms with Crippen molar-refractivity contribution in [1.82, 2.24) is 5.32 Å². The molecular formula is C15H20N2O3. The van der Waals surface area contributed by atoms with Crippen molar-refractivity contribution in [2.24, 2.45) is 0 Å². The number of rotatable bonds is 5. The zero-order valence-electron chi connectivity index (χ0n) is 12.1. The van der Waals surface area contributed by atoms with Gasteiger partial charge in [0.15, 0.2) is 0 Å². The molecule has 0 aliphatic carbocycles. The van der Waals surface area contributed by atoms with Gasteiger partial charge in [-0.3, -0.25) is 0 Å². The van der Waals surface area contributed by atoms with Crippen LogP contribution in [0.5, 0.6) is 0 Å². The number of nitrogens with zero attached hydrogens (tertiary/aromatic N) is 1. The summed E-state index contributed by atoms with van der Waals surface area (Å²) in [6.07, 6.45) is -0.627. The molecule has 0 aliphatic rings. The summed E-state index contributed by atoms with van der Waals surface area (Å²) in [7, 11) is 0. The van der Waals surface area contributed by atoms with Gasteiger partial charge < -0.3 is 14.8 Å². The highest BCUT2D eigenvalue weighted by Gasteiger charge is 2.17. The Hall–Kier alpha value is -2.06. The summed E-state index contributed by atoms with van der Waals surface area (Å²) >= 11 is 0. The van der Waals surface area contributed by atoms with Crippen molar-refractivity contribution in [3.63, 3.8) is 0 Å². The summed E-state index contributed by atoms with van der Waals surface area (Å²) in [5.74, 6) is 0. The van der Waals surface area contributed by atoms with Crippen molar-refractivity contribution >= 4 is 6.09 Å². The molecule has 5 heteroatoms. The van der Waals surface area contributed by atoms with Gasteiger partial charge in [0.1, 0.15) is 12.6 Å². The highest BCUT2D eigenvalue weighted by Crippen LogP contribution is 2.07. The van der Waals surface area contributed by atoms with Gasteiger partial charge in [-0.1, -0.05) is 30.3 Å². The molecule has 0 radical (unpaired) electrons. The third-order valence-corrected chi connectivity index (χ3v) is 2.34.